The van der Waals surface area contributed by atoms with E-state index in [4.69, 9.17) is 4.74 Å². The lowest BCUT2D eigenvalue weighted by molar-refractivity contribution is 0.0371. The molecule has 1 aliphatic heterocycles. The Morgan fingerprint density at radius 1 is 1.07 bits per heavy atom. The summed E-state index contributed by atoms with van der Waals surface area (Å²) in [6.45, 7) is 3.89. The predicted molar refractivity (Wildman–Crippen MR) is 153 cm³/mol. The number of aliphatic hydroxyl groups excluding tert-OH is 1. The number of fused-ring (bicyclic) bond motifs is 1. The molecule has 3 aromatic carbocycles. The van der Waals surface area contributed by atoms with E-state index in [0.29, 0.717) is 5.69 Å². The third-order valence-electron chi connectivity index (χ3n) is 6.80. The third-order valence-corrected chi connectivity index (χ3v) is 8.19. The van der Waals surface area contributed by atoms with Gasteiger partial charge in [0.05, 0.1) is 29.7 Å². The molecule has 1 heterocycles. The number of urea groups is 1. The van der Waals surface area contributed by atoms with Gasteiger partial charge in [-0.3, -0.25) is 9.52 Å². The molecule has 0 aromatic heterocycles. The number of nitrogens with one attached hydrogen (secondary N) is 2. The number of ether oxygens (including phenoxy) is 1. The molecular weight excluding hydrogens is 532 g/mol. The van der Waals surface area contributed by atoms with E-state index in [1.54, 1.807) is 55.3 Å². The lowest BCUT2D eigenvalue weighted by Gasteiger charge is -2.38. The minimum atomic E-state index is -3.89. The van der Waals surface area contributed by atoms with E-state index < -0.39 is 28.1 Å². The number of carbonyl (C=O) groups excluding carboxylic acids is 2. The van der Waals surface area contributed by atoms with Crippen molar-refractivity contribution < 1.29 is 27.9 Å². The second-order valence-electron chi connectivity index (χ2n) is 9.93. The van der Waals surface area contributed by atoms with Crippen molar-refractivity contribution in [2.75, 3.05) is 36.8 Å². The Bertz CT molecular complexity index is 1440. The molecule has 212 valence electrons. The van der Waals surface area contributed by atoms with E-state index in [1.807, 2.05) is 25.1 Å². The number of rotatable bonds is 8. The molecule has 3 amide bonds. The molecule has 40 heavy (non-hydrogen) atoms. The molecule has 10 nitrogen and oxygen atoms in total. The first kappa shape index (κ1) is 28.9. The van der Waals surface area contributed by atoms with Crippen LogP contribution in [0.1, 0.15) is 24.2 Å². The summed E-state index contributed by atoms with van der Waals surface area (Å²) in [5, 5.41) is 12.7. The smallest absolute Gasteiger partial charge is 0.321 e. The average molecular weight is 567 g/mol. The fourth-order valence-corrected chi connectivity index (χ4v) is 5.48. The van der Waals surface area contributed by atoms with Gasteiger partial charge in [-0.25, -0.2) is 13.2 Å². The molecule has 0 saturated heterocycles. The van der Waals surface area contributed by atoms with Gasteiger partial charge in [0, 0.05) is 30.9 Å². The van der Waals surface area contributed by atoms with Gasteiger partial charge in [0.1, 0.15) is 11.9 Å². The van der Waals surface area contributed by atoms with Crippen molar-refractivity contribution >= 4 is 33.3 Å². The van der Waals surface area contributed by atoms with Gasteiger partial charge in [-0.2, -0.15) is 0 Å². The molecule has 0 saturated carbocycles. The Hall–Kier alpha value is -4.09. The van der Waals surface area contributed by atoms with Crippen LogP contribution in [0, 0.1) is 5.92 Å². The number of aliphatic hydroxyl groups is 1. The molecule has 11 heteroatoms. The number of carbonyl (C=O) groups is 2. The van der Waals surface area contributed by atoms with Crippen LogP contribution in [-0.2, 0) is 10.0 Å². The molecule has 1 aliphatic rings. The highest BCUT2D eigenvalue weighted by atomic mass is 32.2. The number of sulfonamides is 1. The van der Waals surface area contributed by atoms with Crippen molar-refractivity contribution in [1.29, 1.82) is 0 Å². The normalized spacial score (nSPS) is 18.0. The Kier molecular flexibility index (Phi) is 8.96. The molecular formula is C29H34N4O6S. The van der Waals surface area contributed by atoms with E-state index in [9.17, 15) is 23.1 Å². The van der Waals surface area contributed by atoms with Gasteiger partial charge in [0.25, 0.3) is 15.9 Å². The fourth-order valence-electron chi connectivity index (χ4n) is 4.41. The van der Waals surface area contributed by atoms with Crippen LogP contribution in [0.15, 0.2) is 83.8 Å². The van der Waals surface area contributed by atoms with Crippen LogP contribution in [0.4, 0.5) is 16.2 Å². The number of anilines is 2. The Balaban J connectivity index is 1.62. The highest BCUT2D eigenvalue weighted by molar-refractivity contribution is 7.92. The van der Waals surface area contributed by atoms with E-state index in [-0.39, 0.29) is 53.5 Å². The van der Waals surface area contributed by atoms with Crippen LogP contribution < -0.4 is 14.8 Å². The van der Waals surface area contributed by atoms with Crippen molar-refractivity contribution in [2.24, 2.45) is 5.92 Å². The lowest BCUT2D eigenvalue weighted by atomic mass is 9.99. The van der Waals surface area contributed by atoms with Crippen molar-refractivity contribution in [1.82, 2.24) is 9.80 Å². The Labute approximate surface area is 234 Å². The fraction of sp³-hybridized carbons (Fsp3) is 0.310. The van der Waals surface area contributed by atoms with Crippen molar-refractivity contribution in [3.8, 4) is 5.75 Å². The maximum atomic E-state index is 13.6. The molecule has 0 spiro atoms. The van der Waals surface area contributed by atoms with Gasteiger partial charge in [0.15, 0.2) is 0 Å². The monoisotopic (exact) mass is 566 g/mol. The van der Waals surface area contributed by atoms with Gasteiger partial charge in [-0.15, -0.1) is 0 Å². The summed E-state index contributed by atoms with van der Waals surface area (Å²) < 4.78 is 34.6. The molecule has 0 aliphatic carbocycles. The van der Waals surface area contributed by atoms with Crippen LogP contribution in [0.5, 0.6) is 5.75 Å². The molecule has 0 radical (unpaired) electrons. The van der Waals surface area contributed by atoms with Gasteiger partial charge < -0.3 is 25.0 Å². The first-order chi connectivity index (χ1) is 19.1. The Morgan fingerprint density at radius 3 is 2.38 bits per heavy atom. The average Bonchev–Trinajstić information content (AvgIpc) is 2.95. The number of benzene rings is 3. The number of nitrogens with zero attached hydrogens (tertiary/aromatic N) is 2. The molecule has 0 fully saturated rings. The summed E-state index contributed by atoms with van der Waals surface area (Å²) in [5.41, 5.74) is 1.01. The minimum absolute atomic E-state index is 0.0885. The molecule has 3 N–H and O–H groups in total. The van der Waals surface area contributed by atoms with Crippen LogP contribution in [0.2, 0.25) is 0 Å². The largest absolute Gasteiger partial charge is 0.487 e. The summed E-state index contributed by atoms with van der Waals surface area (Å²) in [6, 6.07) is 20.7. The van der Waals surface area contributed by atoms with Crippen molar-refractivity contribution in [2.45, 2.75) is 30.9 Å². The first-order valence-corrected chi connectivity index (χ1v) is 14.4. The SMILES string of the molecule is C[C@@H]1CN([C@H](C)CO)C(=O)c2cc(NS(=O)(=O)c3ccccc3)ccc2O[C@@H]1CN(C)C(=O)Nc1ccccc1. The summed E-state index contributed by atoms with van der Waals surface area (Å²) in [4.78, 5) is 29.7. The lowest BCUT2D eigenvalue weighted by Crippen LogP contribution is -2.50. The number of hydrogen-bond acceptors (Lipinski definition) is 6. The van der Waals surface area contributed by atoms with E-state index in [1.165, 1.54) is 29.2 Å². The summed E-state index contributed by atoms with van der Waals surface area (Å²) in [5.74, 6) is -0.330. The van der Waals surface area contributed by atoms with Crippen molar-refractivity contribution in [3.63, 3.8) is 0 Å². The second kappa shape index (κ2) is 12.4. The van der Waals surface area contributed by atoms with Crippen molar-refractivity contribution in [3.05, 3.63) is 84.4 Å². The highest BCUT2D eigenvalue weighted by Crippen LogP contribution is 2.31. The quantitative estimate of drug-likeness (QED) is 0.380. The van der Waals surface area contributed by atoms with Gasteiger partial charge >= 0.3 is 6.03 Å². The van der Waals surface area contributed by atoms with Crippen LogP contribution in [0.3, 0.4) is 0 Å². The summed E-state index contributed by atoms with van der Waals surface area (Å²) >= 11 is 0. The molecule has 3 aromatic rings. The topological polar surface area (TPSA) is 128 Å². The molecule has 0 bridgehead atoms. The number of amides is 3. The zero-order valence-electron chi connectivity index (χ0n) is 22.7. The molecule has 0 unspecified atom stereocenters. The van der Waals surface area contributed by atoms with E-state index in [0.717, 1.165) is 0 Å². The van der Waals surface area contributed by atoms with Crippen LogP contribution >= 0.6 is 0 Å². The Morgan fingerprint density at radius 2 is 1.73 bits per heavy atom. The third kappa shape index (κ3) is 6.72. The highest BCUT2D eigenvalue weighted by Gasteiger charge is 2.34. The summed E-state index contributed by atoms with van der Waals surface area (Å²) in [7, 11) is -2.22. The number of likely N-dealkylation sites (N-methyl/N-ethyl adjacent to an activating group) is 1. The molecule has 3 atom stereocenters. The minimum Gasteiger partial charge on any atom is -0.487 e. The van der Waals surface area contributed by atoms with E-state index >= 15 is 0 Å². The van der Waals surface area contributed by atoms with Gasteiger partial charge in [-0.1, -0.05) is 43.3 Å². The first-order valence-electron chi connectivity index (χ1n) is 13.0. The standard InChI is InChI=1S/C29H34N4O6S/c1-20-17-33(21(2)19-34)28(35)25-16-23(31-40(37,38)24-12-8-5-9-13-24)14-15-26(25)39-27(20)18-32(3)29(36)30-22-10-6-4-7-11-22/h4-16,20-21,27,31,34H,17-19H2,1-3H3,(H,30,36)/t20-,21-,27-/m1/s1. The van der Waals surface area contributed by atoms with Gasteiger partial charge in [0.2, 0.25) is 0 Å². The number of para-hydroxylation sites is 1. The number of hydrogen-bond donors (Lipinski definition) is 3. The zero-order valence-corrected chi connectivity index (χ0v) is 23.5. The zero-order chi connectivity index (χ0) is 28.9. The van der Waals surface area contributed by atoms with Crippen LogP contribution in [0.25, 0.3) is 0 Å². The molecule has 4 rings (SSSR count). The van der Waals surface area contributed by atoms with Crippen LogP contribution in [-0.4, -0.2) is 74.2 Å². The maximum Gasteiger partial charge on any atom is 0.321 e. The second-order valence-corrected chi connectivity index (χ2v) is 11.6. The van der Waals surface area contributed by atoms with E-state index in [2.05, 4.69) is 10.0 Å². The maximum absolute atomic E-state index is 13.6. The summed E-state index contributed by atoms with van der Waals surface area (Å²) in [6.07, 6.45) is -0.501. The van der Waals surface area contributed by atoms with Gasteiger partial charge in [-0.05, 0) is 49.4 Å². The predicted octanol–water partition coefficient (Wildman–Crippen LogP) is 3.87.